The highest BCUT2D eigenvalue weighted by atomic mass is 19.4. The zero-order valence-corrected chi connectivity index (χ0v) is 12.7. The van der Waals surface area contributed by atoms with Crippen molar-refractivity contribution in [3.05, 3.63) is 53.7 Å². The second kappa shape index (κ2) is 7.13. The molecule has 1 aromatic carbocycles. The second-order valence-corrected chi connectivity index (χ2v) is 4.70. The SMILES string of the molecule is CCOc1ccc(/C(C)=N\Nc2ccc(C(F)(F)F)cn2)cc1. The van der Waals surface area contributed by atoms with Crippen LogP contribution in [0, 0.1) is 0 Å². The van der Waals surface area contributed by atoms with E-state index in [0.717, 1.165) is 23.6 Å². The third-order valence-electron chi connectivity index (χ3n) is 3.01. The van der Waals surface area contributed by atoms with Crippen LogP contribution in [0.15, 0.2) is 47.7 Å². The minimum atomic E-state index is -4.40. The van der Waals surface area contributed by atoms with Crippen LogP contribution < -0.4 is 10.2 Å². The van der Waals surface area contributed by atoms with Gasteiger partial charge in [-0.2, -0.15) is 18.3 Å². The van der Waals surface area contributed by atoms with Crippen LogP contribution in [0.25, 0.3) is 0 Å². The average Bonchev–Trinajstić information content (AvgIpc) is 2.53. The maximum absolute atomic E-state index is 12.4. The van der Waals surface area contributed by atoms with Gasteiger partial charge in [0.15, 0.2) is 0 Å². The van der Waals surface area contributed by atoms with Gasteiger partial charge in [0.2, 0.25) is 0 Å². The van der Waals surface area contributed by atoms with Gasteiger partial charge in [0.05, 0.1) is 17.9 Å². The van der Waals surface area contributed by atoms with Gasteiger partial charge >= 0.3 is 6.18 Å². The van der Waals surface area contributed by atoms with Crippen LogP contribution in [0.2, 0.25) is 0 Å². The average molecular weight is 323 g/mol. The molecule has 0 saturated carbocycles. The fourth-order valence-corrected chi connectivity index (χ4v) is 1.79. The maximum atomic E-state index is 12.4. The van der Waals surface area contributed by atoms with Crippen LogP contribution in [0.4, 0.5) is 19.0 Å². The number of pyridine rings is 1. The summed E-state index contributed by atoms with van der Waals surface area (Å²) in [7, 11) is 0. The lowest BCUT2D eigenvalue weighted by Gasteiger charge is -2.07. The molecule has 0 aliphatic heterocycles. The molecule has 0 spiro atoms. The van der Waals surface area contributed by atoms with Crippen LogP contribution in [-0.2, 0) is 6.18 Å². The molecule has 1 heterocycles. The highest BCUT2D eigenvalue weighted by Gasteiger charge is 2.30. The summed E-state index contributed by atoms with van der Waals surface area (Å²) in [5.74, 6) is 1.00. The number of alkyl halides is 3. The number of nitrogens with zero attached hydrogens (tertiary/aromatic N) is 2. The highest BCUT2D eigenvalue weighted by molar-refractivity contribution is 5.99. The lowest BCUT2D eigenvalue weighted by atomic mass is 10.1. The Morgan fingerprint density at radius 1 is 1.17 bits per heavy atom. The van der Waals surface area contributed by atoms with E-state index in [1.54, 1.807) is 6.92 Å². The Morgan fingerprint density at radius 3 is 2.39 bits per heavy atom. The summed E-state index contributed by atoms with van der Waals surface area (Å²) in [5.41, 5.74) is 3.39. The zero-order valence-electron chi connectivity index (χ0n) is 12.7. The molecular formula is C16H16F3N3O. The lowest BCUT2D eigenvalue weighted by molar-refractivity contribution is -0.137. The van der Waals surface area contributed by atoms with E-state index in [1.807, 2.05) is 31.2 Å². The van der Waals surface area contributed by atoms with Gasteiger partial charge in [-0.1, -0.05) is 0 Å². The molecule has 2 rings (SSSR count). The van der Waals surface area contributed by atoms with E-state index in [-0.39, 0.29) is 5.82 Å². The Hall–Kier alpha value is -2.57. The Balaban J connectivity index is 2.04. The van der Waals surface area contributed by atoms with Crippen LogP contribution in [0.1, 0.15) is 25.0 Å². The van der Waals surface area contributed by atoms with Crippen molar-refractivity contribution in [2.75, 3.05) is 12.0 Å². The smallest absolute Gasteiger partial charge is 0.417 e. The van der Waals surface area contributed by atoms with Crippen molar-refractivity contribution >= 4 is 11.5 Å². The fourth-order valence-electron chi connectivity index (χ4n) is 1.79. The molecule has 0 bridgehead atoms. The van der Waals surface area contributed by atoms with Gasteiger partial charge in [-0.25, -0.2) is 4.98 Å². The monoisotopic (exact) mass is 323 g/mol. The molecule has 0 fully saturated rings. The third-order valence-corrected chi connectivity index (χ3v) is 3.01. The van der Waals surface area contributed by atoms with E-state index in [9.17, 15) is 13.2 Å². The second-order valence-electron chi connectivity index (χ2n) is 4.70. The van der Waals surface area contributed by atoms with Crippen LogP contribution in [-0.4, -0.2) is 17.3 Å². The molecule has 1 N–H and O–H groups in total. The van der Waals surface area contributed by atoms with E-state index in [4.69, 9.17) is 4.74 Å². The summed E-state index contributed by atoms with van der Waals surface area (Å²) in [5, 5.41) is 4.11. The van der Waals surface area contributed by atoms with Gasteiger partial charge in [-0.05, 0) is 55.8 Å². The van der Waals surface area contributed by atoms with Gasteiger partial charge in [-0.15, -0.1) is 0 Å². The summed E-state index contributed by atoms with van der Waals surface area (Å²) in [6, 6.07) is 9.55. The number of hydrogen-bond acceptors (Lipinski definition) is 4. The van der Waals surface area contributed by atoms with Crippen LogP contribution in [0.5, 0.6) is 5.75 Å². The van der Waals surface area contributed by atoms with Crippen LogP contribution >= 0.6 is 0 Å². The van der Waals surface area contributed by atoms with E-state index in [2.05, 4.69) is 15.5 Å². The Kier molecular flexibility index (Phi) is 5.20. The van der Waals surface area contributed by atoms with Gasteiger partial charge < -0.3 is 4.74 Å². The number of benzene rings is 1. The number of anilines is 1. The van der Waals surface area contributed by atoms with Crippen LogP contribution in [0.3, 0.4) is 0 Å². The maximum Gasteiger partial charge on any atom is 0.417 e. The summed E-state index contributed by atoms with van der Waals surface area (Å²) in [6.45, 7) is 4.28. The summed E-state index contributed by atoms with van der Waals surface area (Å²) in [4.78, 5) is 3.69. The van der Waals surface area contributed by atoms with Crippen molar-refractivity contribution in [2.24, 2.45) is 5.10 Å². The first-order valence-corrected chi connectivity index (χ1v) is 6.97. The fraction of sp³-hybridized carbons (Fsp3) is 0.250. The molecule has 0 aliphatic carbocycles. The number of ether oxygens (including phenoxy) is 1. The van der Waals surface area contributed by atoms with Gasteiger partial charge in [0.1, 0.15) is 11.6 Å². The topological polar surface area (TPSA) is 46.5 Å². The number of hydrazone groups is 1. The van der Waals surface area contributed by atoms with E-state index >= 15 is 0 Å². The van der Waals surface area contributed by atoms with E-state index in [1.165, 1.54) is 6.07 Å². The highest BCUT2D eigenvalue weighted by Crippen LogP contribution is 2.28. The molecule has 7 heteroatoms. The first kappa shape index (κ1) is 16.8. The molecular weight excluding hydrogens is 307 g/mol. The number of rotatable bonds is 5. The molecule has 0 radical (unpaired) electrons. The number of halogens is 3. The van der Waals surface area contributed by atoms with Gasteiger partial charge in [-0.3, -0.25) is 5.43 Å². The summed E-state index contributed by atoms with van der Waals surface area (Å²) < 4.78 is 42.7. The lowest BCUT2D eigenvalue weighted by Crippen LogP contribution is -2.06. The molecule has 0 aliphatic rings. The molecule has 0 atom stereocenters. The minimum Gasteiger partial charge on any atom is -0.494 e. The van der Waals surface area contributed by atoms with Gasteiger partial charge in [0, 0.05) is 6.20 Å². The third kappa shape index (κ3) is 4.70. The molecule has 0 amide bonds. The van der Waals surface area contributed by atoms with E-state index < -0.39 is 11.7 Å². The standard InChI is InChI=1S/C16H16F3N3O/c1-3-23-14-7-4-12(5-8-14)11(2)21-22-15-9-6-13(10-20-15)16(17,18)19/h4-10H,3H2,1-2H3,(H,20,22)/b21-11-. The Labute approximate surface area is 132 Å². The Morgan fingerprint density at radius 2 is 1.87 bits per heavy atom. The number of aromatic nitrogens is 1. The first-order chi connectivity index (χ1) is 10.9. The predicted octanol–water partition coefficient (Wildman–Crippen LogP) is 4.34. The molecule has 23 heavy (non-hydrogen) atoms. The number of hydrogen-bond donors (Lipinski definition) is 1. The molecule has 2 aromatic rings. The van der Waals surface area contributed by atoms with E-state index in [0.29, 0.717) is 12.3 Å². The molecule has 0 unspecified atom stereocenters. The largest absolute Gasteiger partial charge is 0.494 e. The van der Waals surface area contributed by atoms with Crippen molar-refractivity contribution in [1.29, 1.82) is 0 Å². The van der Waals surface area contributed by atoms with Crippen molar-refractivity contribution < 1.29 is 17.9 Å². The first-order valence-electron chi connectivity index (χ1n) is 6.97. The normalized spacial score (nSPS) is 12.1. The summed E-state index contributed by atoms with van der Waals surface area (Å²) in [6.07, 6.45) is -3.63. The molecule has 4 nitrogen and oxygen atoms in total. The predicted molar refractivity (Wildman–Crippen MR) is 82.7 cm³/mol. The zero-order chi connectivity index (χ0) is 16.9. The summed E-state index contributed by atoms with van der Waals surface area (Å²) >= 11 is 0. The van der Waals surface area contributed by atoms with Crippen molar-refractivity contribution in [2.45, 2.75) is 20.0 Å². The van der Waals surface area contributed by atoms with Crippen molar-refractivity contribution in [1.82, 2.24) is 4.98 Å². The van der Waals surface area contributed by atoms with Crippen molar-refractivity contribution in [3.8, 4) is 5.75 Å². The van der Waals surface area contributed by atoms with Gasteiger partial charge in [0.25, 0.3) is 0 Å². The number of nitrogens with one attached hydrogen (secondary N) is 1. The molecule has 1 aromatic heterocycles. The molecule has 122 valence electrons. The molecule has 0 saturated heterocycles. The minimum absolute atomic E-state index is 0.239. The Bertz CT molecular complexity index is 664. The quantitative estimate of drug-likeness (QED) is 0.658. The van der Waals surface area contributed by atoms with Crippen molar-refractivity contribution in [3.63, 3.8) is 0 Å².